The summed E-state index contributed by atoms with van der Waals surface area (Å²) in [5.74, 6) is -0.321. The molecule has 1 saturated heterocycles. The summed E-state index contributed by atoms with van der Waals surface area (Å²) in [5.41, 5.74) is -0.0637. The predicted molar refractivity (Wildman–Crippen MR) is 63.3 cm³/mol. The van der Waals surface area contributed by atoms with Crippen LogP contribution < -0.4 is 5.56 Å². The molecule has 0 radical (unpaired) electrons. The number of piperidine rings is 1. The average Bonchev–Trinajstić information content (AvgIpc) is 2.37. The molecule has 2 heterocycles. The number of alkyl halides is 1. The minimum Gasteiger partial charge on any atom is -0.378 e. The van der Waals surface area contributed by atoms with E-state index in [-0.39, 0.29) is 23.6 Å². The van der Waals surface area contributed by atoms with E-state index in [1.165, 1.54) is 30.3 Å². The number of ether oxygens (including phenoxy) is 1. The number of aromatic nitrogens is 1. The van der Waals surface area contributed by atoms with Gasteiger partial charge in [-0.3, -0.25) is 9.59 Å². The van der Waals surface area contributed by atoms with Crippen molar-refractivity contribution in [1.82, 2.24) is 9.88 Å². The Morgan fingerprint density at radius 3 is 3.00 bits per heavy atom. The number of methoxy groups -OCH3 is 1. The molecule has 1 aliphatic heterocycles. The molecule has 2 rings (SSSR count). The van der Waals surface area contributed by atoms with Crippen molar-refractivity contribution in [2.75, 3.05) is 20.2 Å². The smallest absolute Gasteiger partial charge is 0.254 e. The number of pyridine rings is 1. The van der Waals surface area contributed by atoms with Crippen LogP contribution in [-0.4, -0.2) is 48.3 Å². The van der Waals surface area contributed by atoms with Crippen LogP contribution in [0, 0.1) is 0 Å². The number of nitrogens with one attached hydrogen (secondary N) is 1. The molecule has 1 aliphatic rings. The second-order valence-electron chi connectivity index (χ2n) is 4.27. The Morgan fingerprint density at radius 2 is 2.39 bits per heavy atom. The lowest BCUT2D eigenvalue weighted by Crippen LogP contribution is -2.48. The number of rotatable bonds is 2. The predicted octanol–water partition coefficient (Wildman–Crippen LogP) is 0.574. The van der Waals surface area contributed by atoms with Gasteiger partial charge in [-0.25, -0.2) is 4.39 Å². The zero-order valence-corrected chi connectivity index (χ0v) is 10.1. The summed E-state index contributed by atoms with van der Waals surface area (Å²) in [6, 6.07) is 2.73. The summed E-state index contributed by atoms with van der Waals surface area (Å²) in [5, 5.41) is 0. The minimum absolute atomic E-state index is 0.00411. The van der Waals surface area contributed by atoms with Crippen LogP contribution in [0.3, 0.4) is 0 Å². The molecule has 0 saturated carbocycles. The molecule has 1 aromatic heterocycles. The minimum atomic E-state index is -1.19. The van der Waals surface area contributed by atoms with Crippen LogP contribution in [0.2, 0.25) is 0 Å². The number of H-pyrrole nitrogens is 1. The van der Waals surface area contributed by atoms with Gasteiger partial charge in [0.1, 0.15) is 6.17 Å². The second kappa shape index (κ2) is 5.30. The first-order valence-corrected chi connectivity index (χ1v) is 5.76. The zero-order valence-electron chi connectivity index (χ0n) is 10.1. The first kappa shape index (κ1) is 12.8. The van der Waals surface area contributed by atoms with Crippen molar-refractivity contribution in [2.24, 2.45) is 0 Å². The molecule has 2 atom stereocenters. The van der Waals surface area contributed by atoms with Gasteiger partial charge < -0.3 is 14.6 Å². The number of carbonyl (C=O) groups is 1. The fourth-order valence-electron chi connectivity index (χ4n) is 2.09. The molecule has 1 aromatic rings. The van der Waals surface area contributed by atoms with E-state index in [2.05, 4.69) is 4.98 Å². The lowest BCUT2D eigenvalue weighted by atomic mass is 10.0. The molecule has 98 valence electrons. The van der Waals surface area contributed by atoms with Crippen LogP contribution in [0.5, 0.6) is 0 Å². The van der Waals surface area contributed by atoms with Crippen LogP contribution in [0.1, 0.15) is 16.8 Å². The molecule has 0 bridgehead atoms. The first-order chi connectivity index (χ1) is 8.61. The molecular formula is C12H15FN2O3. The molecule has 0 spiro atoms. The fraction of sp³-hybridized carbons (Fsp3) is 0.500. The molecule has 0 aromatic carbocycles. The highest BCUT2D eigenvalue weighted by atomic mass is 19.1. The first-order valence-electron chi connectivity index (χ1n) is 5.76. The van der Waals surface area contributed by atoms with Gasteiger partial charge in [-0.15, -0.1) is 0 Å². The van der Waals surface area contributed by atoms with Crippen molar-refractivity contribution >= 4 is 5.91 Å². The number of likely N-dealkylation sites (tertiary alicyclic amines) is 1. The van der Waals surface area contributed by atoms with Crippen LogP contribution in [-0.2, 0) is 4.74 Å². The third-order valence-electron chi connectivity index (χ3n) is 3.09. The van der Waals surface area contributed by atoms with E-state index in [0.29, 0.717) is 13.0 Å². The Bertz CT molecular complexity index is 488. The van der Waals surface area contributed by atoms with Crippen molar-refractivity contribution in [3.8, 4) is 0 Å². The number of nitrogens with zero attached hydrogens (tertiary/aromatic N) is 1. The second-order valence-corrected chi connectivity index (χ2v) is 4.27. The Morgan fingerprint density at radius 1 is 1.61 bits per heavy atom. The third kappa shape index (κ3) is 2.59. The fourth-order valence-corrected chi connectivity index (χ4v) is 2.09. The summed E-state index contributed by atoms with van der Waals surface area (Å²) in [4.78, 5) is 27.0. The van der Waals surface area contributed by atoms with Gasteiger partial charge in [0.25, 0.3) is 5.91 Å². The third-order valence-corrected chi connectivity index (χ3v) is 3.09. The van der Waals surface area contributed by atoms with Gasteiger partial charge in [0.15, 0.2) is 0 Å². The van der Waals surface area contributed by atoms with Gasteiger partial charge in [0, 0.05) is 31.5 Å². The Kier molecular flexibility index (Phi) is 3.76. The van der Waals surface area contributed by atoms with E-state index in [0.717, 1.165) is 0 Å². The molecular weight excluding hydrogens is 239 g/mol. The van der Waals surface area contributed by atoms with Crippen LogP contribution >= 0.6 is 0 Å². The summed E-state index contributed by atoms with van der Waals surface area (Å²) >= 11 is 0. The van der Waals surface area contributed by atoms with E-state index in [1.54, 1.807) is 0 Å². The maximum Gasteiger partial charge on any atom is 0.254 e. The zero-order chi connectivity index (χ0) is 13.1. The van der Waals surface area contributed by atoms with E-state index in [4.69, 9.17) is 4.74 Å². The Labute approximate surface area is 104 Å². The number of amides is 1. The topological polar surface area (TPSA) is 62.4 Å². The highest BCUT2D eigenvalue weighted by Crippen LogP contribution is 2.18. The molecule has 18 heavy (non-hydrogen) atoms. The summed E-state index contributed by atoms with van der Waals surface area (Å²) < 4.78 is 18.7. The Balaban J connectivity index is 2.09. The Hall–Kier alpha value is -1.69. The van der Waals surface area contributed by atoms with Crippen LogP contribution in [0.4, 0.5) is 4.39 Å². The van der Waals surface area contributed by atoms with Crippen LogP contribution in [0.15, 0.2) is 23.1 Å². The highest BCUT2D eigenvalue weighted by molar-refractivity contribution is 5.94. The van der Waals surface area contributed by atoms with Crippen molar-refractivity contribution < 1.29 is 13.9 Å². The van der Waals surface area contributed by atoms with E-state index >= 15 is 0 Å². The van der Waals surface area contributed by atoms with Crippen molar-refractivity contribution in [3.63, 3.8) is 0 Å². The van der Waals surface area contributed by atoms with E-state index in [9.17, 15) is 14.0 Å². The molecule has 5 nitrogen and oxygen atoms in total. The lowest BCUT2D eigenvalue weighted by Gasteiger charge is -2.33. The molecule has 1 N–H and O–H groups in total. The molecule has 1 amide bonds. The normalized spacial score (nSPS) is 24.0. The van der Waals surface area contributed by atoms with Crippen molar-refractivity contribution in [3.05, 3.63) is 34.2 Å². The number of hydrogen-bond acceptors (Lipinski definition) is 3. The van der Waals surface area contributed by atoms with Gasteiger partial charge in [0.2, 0.25) is 5.56 Å². The van der Waals surface area contributed by atoms with Crippen LogP contribution in [0.25, 0.3) is 0 Å². The van der Waals surface area contributed by atoms with Gasteiger partial charge in [0.05, 0.1) is 12.6 Å². The molecule has 0 unspecified atom stereocenters. The number of carbonyl (C=O) groups excluding carboxylic acids is 1. The summed E-state index contributed by atoms with van der Waals surface area (Å²) in [7, 11) is 1.46. The van der Waals surface area contributed by atoms with Gasteiger partial charge >= 0.3 is 0 Å². The number of aromatic amines is 1. The van der Waals surface area contributed by atoms with E-state index < -0.39 is 12.3 Å². The maximum atomic E-state index is 13.7. The summed E-state index contributed by atoms with van der Waals surface area (Å²) in [6.07, 6.45) is 0.236. The van der Waals surface area contributed by atoms with Gasteiger partial charge in [-0.05, 0) is 12.5 Å². The number of halogens is 1. The van der Waals surface area contributed by atoms with Gasteiger partial charge in [-0.1, -0.05) is 0 Å². The maximum absolute atomic E-state index is 13.7. The molecule has 0 aliphatic carbocycles. The van der Waals surface area contributed by atoms with E-state index in [1.807, 2.05) is 0 Å². The van der Waals surface area contributed by atoms with Crippen molar-refractivity contribution in [1.29, 1.82) is 0 Å². The number of hydrogen-bond donors (Lipinski definition) is 1. The molecule has 6 heteroatoms. The molecule has 1 fully saturated rings. The highest BCUT2D eigenvalue weighted by Gasteiger charge is 2.31. The quantitative estimate of drug-likeness (QED) is 0.839. The average molecular weight is 254 g/mol. The lowest BCUT2D eigenvalue weighted by molar-refractivity contribution is -0.0174. The monoisotopic (exact) mass is 254 g/mol. The SMILES string of the molecule is CO[C@H]1CCN(C(=O)c2cc[nH]c(=O)c2)C[C@H]1F. The summed E-state index contributed by atoms with van der Waals surface area (Å²) in [6.45, 7) is 0.439. The van der Waals surface area contributed by atoms with Crippen molar-refractivity contribution in [2.45, 2.75) is 18.7 Å². The standard InChI is InChI=1S/C12H15FN2O3/c1-18-10-3-5-15(7-9(10)13)12(17)8-2-4-14-11(16)6-8/h2,4,6,9-10H,3,5,7H2,1H3,(H,14,16)/t9-,10+/m1/s1. The largest absolute Gasteiger partial charge is 0.378 e. The van der Waals surface area contributed by atoms with Gasteiger partial charge in [-0.2, -0.15) is 0 Å².